The molecule has 0 fully saturated rings. The van der Waals surface area contributed by atoms with E-state index >= 15 is 0 Å². The van der Waals surface area contributed by atoms with Crippen molar-refractivity contribution in [3.8, 4) is 0 Å². The van der Waals surface area contributed by atoms with Crippen LogP contribution in [0.2, 0.25) is 0 Å². The highest BCUT2D eigenvalue weighted by Gasteiger charge is 2.17. The lowest BCUT2D eigenvalue weighted by atomic mass is 10.2. The molecule has 0 radical (unpaired) electrons. The summed E-state index contributed by atoms with van der Waals surface area (Å²) < 4.78 is 14.2. The number of non-ortho nitro benzene ring substituents is 1. The Morgan fingerprint density at radius 2 is 2.21 bits per heavy atom. The summed E-state index contributed by atoms with van der Waals surface area (Å²) in [5.41, 5.74) is -0.0582. The molecule has 0 amide bonds. The van der Waals surface area contributed by atoms with E-state index in [0.29, 0.717) is 9.17 Å². The number of nitrogens with zero attached hydrogens (tertiary/aromatic N) is 1. The maximum absolute atomic E-state index is 13.3. The van der Waals surface area contributed by atoms with Crippen LogP contribution in [0.1, 0.15) is 0 Å². The third-order valence-corrected chi connectivity index (χ3v) is 3.73. The van der Waals surface area contributed by atoms with Gasteiger partial charge >= 0.3 is 0 Å². The second kappa shape index (κ2) is 3.29. The molecule has 0 atom stereocenters. The lowest BCUT2D eigenvalue weighted by Gasteiger charge is -1.95. The minimum Gasteiger partial charge on any atom is -0.258 e. The largest absolute Gasteiger partial charge is 0.287 e. The van der Waals surface area contributed by atoms with Crippen LogP contribution < -0.4 is 0 Å². The predicted octanol–water partition coefficient (Wildman–Crippen LogP) is 3.71. The summed E-state index contributed by atoms with van der Waals surface area (Å²) in [5.74, 6) is -0.446. The minimum atomic E-state index is -0.509. The van der Waals surface area contributed by atoms with Crippen molar-refractivity contribution in [3.63, 3.8) is 0 Å². The van der Waals surface area contributed by atoms with Crippen molar-refractivity contribution in [2.75, 3.05) is 0 Å². The first-order valence-corrected chi connectivity index (χ1v) is 5.28. The molecule has 0 spiro atoms. The van der Waals surface area contributed by atoms with Crippen molar-refractivity contribution in [1.82, 2.24) is 0 Å². The maximum Gasteiger partial charge on any atom is 0.287 e. The summed E-state index contributed by atoms with van der Waals surface area (Å²) in [7, 11) is 0. The van der Waals surface area contributed by atoms with Crippen LogP contribution in [-0.4, -0.2) is 4.92 Å². The van der Waals surface area contributed by atoms with Gasteiger partial charge in [-0.25, -0.2) is 4.39 Å². The van der Waals surface area contributed by atoms with Crippen LogP contribution in [0, 0.1) is 15.9 Å². The standard InChI is InChI=1S/C8H3BrFNO2S/c9-4-3-14-8-6(11(12)13)2-1-5(10)7(4)8/h1-3H. The molecule has 0 aliphatic rings. The van der Waals surface area contributed by atoms with Crippen LogP contribution in [0.4, 0.5) is 10.1 Å². The first-order chi connectivity index (χ1) is 6.61. The van der Waals surface area contributed by atoms with Crippen molar-refractivity contribution < 1.29 is 9.31 Å². The molecule has 1 aromatic heterocycles. The van der Waals surface area contributed by atoms with E-state index in [1.807, 2.05) is 0 Å². The number of benzene rings is 1. The summed E-state index contributed by atoms with van der Waals surface area (Å²) in [6, 6.07) is 2.29. The zero-order valence-electron chi connectivity index (χ0n) is 6.66. The van der Waals surface area contributed by atoms with Gasteiger partial charge in [0.2, 0.25) is 0 Å². The Kier molecular flexibility index (Phi) is 2.24. The molecule has 1 heterocycles. The van der Waals surface area contributed by atoms with Crippen LogP contribution in [0.5, 0.6) is 0 Å². The van der Waals surface area contributed by atoms with Crippen LogP contribution in [0.25, 0.3) is 10.1 Å². The van der Waals surface area contributed by atoms with Gasteiger partial charge in [-0.3, -0.25) is 10.1 Å². The molecule has 6 heteroatoms. The number of hydrogen-bond donors (Lipinski definition) is 0. The van der Waals surface area contributed by atoms with Gasteiger partial charge in [-0.15, -0.1) is 11.3 Å². The van der Waals surface area contributed by atoms with Crippen molar-refractivity contribution in [3.05, 3.63) is 37.9 Å². The number of halogens is 2. The summed E-state index contributed by atoms with van der Waals surface area (Å²) >= 11 is 4.30. The van der Waals surface area contributed by atoms with Gasteiger partial charge in [0.05, 0.1) is 4.92 Å². The molecule has 2 rings (SSSR count). The number of nitro groups is 1. The SMILES string of the molecule is O=[N+]([O-])c1ccc(F)c2c(Br)csc12. The van der Waals surface area contributed by atoms with E-state index in [1.54, 1.807) is 5.38 Å². The molecule has 14 heavy (non-hydrogen) atoms. The summed E-state index contributed by atoms with van der Waals surface area (Å²) in [4.78, 5) is 10.1. The third kappa shape index (κ3) is 1.31. The van der Waals surface area contributed by atoms with Gasteiger partial charge < -0.3 is 0 Å². The summed E-state index contributed by atoms with van der Waals surface area (Å²) in [5, 5.41) is 12.5. The summed E-state index contributed by atoms with van der Waals surface area (Å²) in [6.45, 7) is 0. The van der Waals surface area contributed by atoms with E-state index in [1.165, 1.54) is 6.07 Å². The number of nitro benzene ring substituents is 1. The Morgan fingerprint density at radius 3 is 2.86 bits per heavy atom. The fourth-order valence-electron chi connectivity index (χ4n) is 1.20. The van der Waals surface area contributed by atoms with E-state index in [0.717, 1.165) is 17.4 Å². The highest BCUT2D eigenvalue weighted by Crippen LogP contribution is 2.37. The first kappa shape index (κ1) is 9.54. The zero-order chi connectivity index (χ0) is 10.3. The van der Waals surface area contributed by atoms with Gasteiger partial charge in [0.15, 0.2) is 0 Å². The molecule has 0 aliphatic carbocycles. The molecule has 0 saturated carbocycles. The quantitative estimate of drug-likeness (QED) is 0.588. The molecule has 72 valence electrons. The highest BCUT2D eigenvalue weighted by molar-refractivity contribution is 9.10. The third-order valence-electron chi connectivity index (χ3n) is 1.80. The monoisotopic (exact) mass is 275 g/mol. The Labute approximate surface area is 90.4 Å². The average Bonchev–Trinajstić information content (AvgIpc) is 2.49. The van der Waals surface area contributed by atoms with Crippen LogP contribution in [0.15, 0.2) is 22.0 Å². The van der Waals surface area contributed by atoms with E-state index in [-0.39, 0.29) is 11.1 Å². The second-order valence-electron chi connectivity index (χ2n) is 2.61. The molecule has 3 nitrogen and oxygen atoms in total. The van der Waals surface area contributed by atoms with Gasteiger partial charge in [0.1, 0.15) is 10.5 Å². The topological polar surface area (TPSA) is 43.1 Å². The molecule has 0 unspecified atom stereocenters. The molecule has 0 aliphatic heterocycles. The second-order valence-corrected chi connectivity index (χ2v) is 4.35. The number of hydrogen-bond acceptors (Lipinski definition) is 3. The predicted molar refractivity (Wildman–Crippen MR) is 56.1 cm³/mol. The van der Waals surface area contributed by atoms with Crippen LogP contribution >= 0.6 is 27.3 Å². The van der Waals surface area contributed by atoms with Crippen molar-refractivity contribution in [2.45, 2.75) is 0 Å². The Hall–Kier alpha value is -1.01. The fraction of sp³-hybridized carbons (Fsp3) is 0. The van der Waals surface area contributed by atoms with E-state index < -0.39 is 10.7 Å². The Morgan fingerprint density at radius 1 is 1.50 bits per heavy atom. The highest BCUT2D eigenvalue weighted by atomic mass is 79.9. The minimum absolute atomic E-state index is 0.0582. The number of rotatable bonds is 1. The van der Waals surface area contributed by atoms with Gasteiger partial charge in [-0.1, -0.05) is 0 Å². The number of thiophene rings is 1. The van der Waals surface area contributed by atoms with E-state index in [4.69, 9.17) is 0 Å². The van der Waals surface area contributed by atoms with Gasteiger partial charge in [0, 0.05) is 21.3 Å². The molecule has 1 aromatic carbocycles. The molecule has 0 saturated heterocycles. The number of fused-ring (bicyclic) bond motifs is 1. The van der Waals surface area contributed by atoms with E-state index in [2.05, 4.69) is 15.9 Å². The first-order valence-electron chi connectivity index (χ1n) is 3.61. The van der Waals surface area contributed by atoms with Crippen LogP contribution in [0.3, 0.4) is 0 Å². The van der Waals surface area contributed by atoms with Gasteiger partial charge in [-0.2, -0.15) is 0 Å². The molecule has 0 bridgehead atoms. The van der Waals surface area contributed by atoms with Crippen LogP contribution in [-0.2, 0) is 0 Å². The van der Waals surface area contributed by atoms with Crippen molar-refractivity contribution in [1.29, 1.82) is 0 Å². The fourth-order valence-corrected chi connectivity index (χ4v) is 2.93. The molecular weight excluding hydrogens is 273 g/mol. The normalized spacial score (nSPS) is 10.7. The van der Waals surface area contributed by atoms with Crippen molar-refractivity contribution in [2.24, 2.45) is 0 Å². The Bertz CT molecular complexity index is 525. The Balaban J connectivity index is 2.90. The lowest BCUT2D eigenvalue weighted by Crippen LogP contribution is -1.88. The summed E-state index contributed by atoms with van der Waals surface area (Å²) in [6.07, 6.45) is 0. The lowest BCUT2D eigenvalue weighted by molar-refractivity contribution is -0.382. The van der Waals surface area contributed by atoms with E-state index in [9.17, 15) is 14.5 Å². The maximum atomic E-state index is 13.3. The smallest absolute Gasteiger partial charge is 0.258 e. The molecular formula is C8H3BrFNO2S. The zero-order valence-corrected chi connectivity index (χ0v) is 9.06. The van der Waals surface area contributed by atoms with Gasteiger partial charge in [-0.05, 0) is 22.0 Å². The molecule has 0 N–H and O–H groups in total. The van der Waals surface area contributed by atoms with Gasteiger partial charge in [0.25, 0.3) is 5.69 Å². The van der Waals surface area contributed by atoms with Crippen molar-refractivity contribution >= 4 is 43.0 Å². The molecule has 2 aromatic rings. The average molecular weight is 276 g/mol.